The van der Waals surface area contributed by atoms with Crippen molar-refractivity contribution < 1.29 is 0 Å². The van der Waals surface area contributed by atoms with Crippen molar-refractivity contribution in [2.24, 2.45) is 0 Å². The van der Waals surface area contributed by atoms with E-state index < -0.39 is 0 Å². The van der Waals surface area contributed by atoms with Gasteiger partial charge in [-0.2, -0.15) is 0 Å². The van der Waals surface area contributed by atoms with Crippen LogP contribution in [-0.2, 0) is 0 Å². The second kappa shape index (κ2) is 5.31. The molecule has 1 unspecified atom stereocenters. The highest BCUT2D eigenvalue weighted by molar-refractivity contribution is 5.70. The summed E-state index contributed by atoms with van der Waals surface area (Å²) in [5.74, 6) is 2.74. The van der Waals surface area contributed by atoms with Gasteiger partial charge < -0.3 is 10.2 Å². The molecule has 0 saturated carbocycles. The molecule has 1 rings (SSSR count). The third-order valence-electron chi connectivity index (χ3n) is 2.33. The Bertz CT molecular complexity index is 350. The lowest BCUT2D eigenvalue weighted by atomic mass is 10.2. The molecule has 0 aliphatic heterocycles. The van der Waals surface area contributed by atoms with Gasteiger partial charge in [0.2, 0.25) is 0 Å². The molecule has 1 aromatic carbocycles. The third-order valence-corrected chi connectivity index (χ3v) is 2.33. The molecule has 0 amide bonds. The molecule has 1 aromatic rings. The Morgan fingerprint density at radius 3 is 2.60 bits per heavy atom. The van der Waals surface area contributed by atoms with E-state index in [0.29, 0.717) is 0 Å². The summed E-state index contributed by atoms with van der Waals surface area (Å²) in [6, 6.07) is 8.27. The van der Waals surface area contributed by atoms with Gasteiger partial charge in [0, 0.05) is 14.1 Å². The van der Waals surface area contributed by atoms with Gasteiger partial charge in [-0.05, 0) is 18.6 Å². The van der Waals surface area contributed by atoms with Crippen molar-refractivity contribution in [3.05, 3.63) is 24.3 Å². The molecule has 0 radical (unpaired) electrons. The first-order valence-electron chi connectivity index (χ1n) is 5.18. The van der Waals surface area contributed by atoms with Crippen LogP contribution in [0.25, 0.3) is 0 Å². The predicted octanol–water partition coefficient (Wildman–Crippen LogP) is 2.58. The fourth-order valence-corrected chi connectivity index (χ4v) is 1.43. The van der Waals surface area contributed by atoms with Gasteiger partial charge in [0.25, 0.3) is 0 Å². The number of rotatable bonds is 4. The molecular formula is C13H18N2. The summed E-state index contributed by atoms with van der Waals surface area (Å²) in [6.07, 6.45) is 6.36. The Kier molecular flexibility index (Phi) is 4.05. The predicted molar refractivity (Wildman–Crippen MR) is 67.3 cm³/mol. The average molecular weight is 202 g/mol. The van der Waals surface area contributed by atoms with E-state index in [1.807, 2.05) is 26.2 Å². The Morgan fingerprint density at radius 1 is 1.40 bits per heavy atom. The quantitative estimate of drug-likeness (QED) is 0.755. The topological polar surface area (TPSA) is 15.3 Å². The summed E-state index contributed by atoms with van der Waals surface area (Å²) < 4.78 is 0. The highest BCUT2D eigenvalue weighted by Gasteiger charge is 2.06. The second-order valence-corrected chi connectivity index (χ2v) is 3.68. The van der Waals surface area contributed by atoms with Gasteiger partial charge in [-0.25, -0.2) is 0 Å². The van der Waals surface area contributed by atoms with Gasteiger partial charge in [0.1, 0.15) is 0 Å². The van der Waals surface area contributed by atoms with E-state index in [1.54, 1.807) is 0 Å². The van der Waals surface area contributed by atoms with Gasteiger partial charge in [-0.1, -0.05) is 25.0 Å². The highest BCUT2D eigenvalue weighted by Crippen LogP contribution is 2.24. The summed E-state index contributed by atoms with van der Waals surface area (Å²) in [7, 11) is 4.05. The van der Waals surface area contributed by atoms with E-state index in [0.717, 1.165) is 17.8 Å². The first kappa shape index (κ1) is 11.5. The van der Waals surface area contributed by atoms with E-state index in [2.05, 4.69) is 35.2 Å². The van der Waals surface area contributed by atoms with Gasteiger partial charge in [-0.3, -0.25) is 0 Å². The number of nitrogens with zero attached hydrogens (tertiary/aromatic N) is 1. The molecular weight excluding hydrogens is 184 g/mol. The highest BCUT2D eigenvalue weighted by atomic mass is 15.1. The summed E-state index contributed by atoms with van der Waals surface area (Å²) in [5.41, 5.74) is 2.25. The monoisotopic (exact) mass is 202 g/mol. The van der Waals surface area contributed by atoms with Crippen LogP contribution in [0.3, 0.4) is 0 Å². The van der Waals surface area contributed by atoms with Crippen LogP contribution in [0.15, 0.2) is 24.3 Å². The molecule has 0 fully saturated rings. The van der Waals surface area contributed by atoms with Crippen molar-refractivity contribution in [1.29, 1.82) is 0 Å². The standard InChI is InChI=1S/C13H18N2/c1-5-11(6-2)14-12-9-7-8-10-13(12)15(3)4/h1,7-11,14H,6H2,2-4H3. The molecule has 0 bridgehead atoms. The van der Waals surface area contributed by atoms with E-state index in [4.69, 9.17) is 6.42 Å². The smallest absolute Gasteiger partial charge is 0.0872 e. The summed E-state index contributed by atoms with van der Waals surface area (Å²) in [6.45, 7) is 2.08. The second-order valence-electron chi connectivity index (χ2n) is 3.68. The largest absolute Gasteiger partial charge is 0.376 e. The number of hydrogen-bond donors (Lipinski definition) is 1. The van der Waals surface area contributed by atoms with Crippen molar-refractivity contribution >= 4 is 11.4 Å². The molecule has 0 aliphatic rings. The van der Waals surface area contributed by atoms with Crippen molar-refractivity contribution in [2.45, 2.75) is 19.4 Å². The van der Waals surface area contributed by atoms with Gasteiger partial charge >= 0.3 is 0 Å². The van der Waals surface area contributed by atoms with E-state index in [-0.39, 0.29) is 6.04 Å². The summed E-state index contributed by atoms with van der Waals surface area (Å²) >= 11 is 0. The molecule has 80 valence electrons. The average Bonchev–Trinajstić information content (AvgIpc) is 2.26. The fraction of sp³-hybridized carbons (Fsp3) is 0.385. The van der Waals surface area contributed by atoms with Crippen LogP contribution in [0.1, 0.15) is 13.3 Å². The maximum atomic E-state index is 5.43. The lowest BCUT2D eigenvalue weighted by Crippen LogP contribution is -2.19. The molecule has 1 atom stereocenters. The minimum Gasteiger partial charge on any atom is -0.376 e. The number of hydrogen-bond acceptors (Lipinski definition) is 2. The number of nitrogens with one attached hydrogen (secondary N) is 1. The Balaban J connectivity index is 2.89. The number of terminal acetylenes is 1. The zero-order chi connectivity index (χ0) is 11.3. The minimum atomic E-state index is 0.103. The molecule has 2 heteroatoms. The van der Waals surface area contributed by atoms with Crippen LogP contribution in [0, 0.1) is 12.3 Å². The van der Waals surface area contributed by atoms with Gasteiger partial charge in [0.05, 0.1) is 17.4 Å². The van der Waals surface area contributed by atoms with Crippen LogP contribution < -0.4 is 10.2 Å². The molecule has 0 aromatic heterocycles. The molecule has 0 heterocycles. The van der Waals surface area contributed by atoms with E-state index >= 15 is 0 Å². The van der Waals surface area contributed by atoms with Gasteiger partial charge in [0.15, 0.2) is 0 Å². The molecule has 0 spiro atoms. The number of anilines is 2. The fourth-order valence-electron chi connectivity index (χ4n) is 1.43. The van der Waals surface area contributed by atoms with Crippen LogP contribution >= 0.6 is 0 Å². The Hall–Kier alpha value is -1.62. The van der Waals surface area contributed by atoms with Crippen LogP contribution in [0.5, 0.6) is 0 Å². The van der Waals surface area contributed by atoms with Crippen molar-refractivity contribution in [1.82, 2.24) is 0 Å². The first-order chi connectivity index (χ1) is 7.19. The minimum absolute atomic E-state index is 0.103. The van der Waals surface area contributed by atoms with Crippen LogP contribution in [0.4, 0.5) is 11.4 Å². The first-order valence-corrected chi connectivity index (χ1v) is 5.18. The summed E-state index contributed by atoms with van der Waals surface area (Å²) in [4.78, 5) is 2.07. The molecule has 0 aliphatic carbocycles. The Morgan fingerprint density at radius 2 is 2.07 bits per heavy atom. The van der Waals surface area contributed by atoms with Gasteiger partial charge in [-0.15, -0.1) is 6.42 Å². The maximum Gasteiger partial charge on any atom is 0.0872 e. The van der Waals surface area contributed by atoms with Crippen molar-refractivity contribution in [3.63, 3.8) is 0 Å². The lowest BCUT2D eigenvalue weighted by molar-refractivity contribution is 0.857. The maximum absolute atomic E-state index is 5.43. The SMILES string of the molecule is C#CC(CC)Nc1ccccc1N(C)C. The van der Waals surface area contributed by atoms with Crippen molar-refractivity contribution in [3.8, 4) is 12.3 Å². The molecule has 1 N–H and O–H groups in total. The summed E-state index contributed by atoms with van der Waals surface area (Å²) in [5, 5.41) is 3.35. The van der Waals surface area contributed by atoms with E-state index in [9.17, 15) is 0 Å². The normalized spacial score (nSPS) is 11.6. The van der Waals surface area contributed by atoms with Crippen molar-refractivity contribution in [2.75, 3.05) is 24.3 Å². The van der Waals surface area contributed by atoms with Crippen LogP contribution in [-0.4, -0.2) is 20.1 Å². The molecule has 0 saturated heterocycles. The molecule has 15 heavy (non-hydrogen) atoms. The van der Waals surface area contributed by atoms with Crippen LogP contribution in [0.2, 0.25) is 0 Å². The lowest BCUT2D eigenvalue weighted by Gasteiger charge is -2.20. The number of para-hydroxylation sites is 2. The third kappa shape index (κ3) is 2.92. The Labute approximate surface area is 92.3 Å². The zero-order valence-electron chi connectivity index (χ0n) is 9.62. The van der Waals surface area contributed by atoms with E-state index in [1.165, 1.54) is 0 Å². The molecule has 2 nitrogen and oxygen atoms in total. The number of benzene rings is 1. The zero-order valence-corrected chi connectivity index (χ0v) is 9.62.